The third kappa shape index (κ3) is 4.67. The van der Waals surface area contributed by atoms with Crippen LogP contribution >= 0.6 is 0 Å². The van der Waals surface area contributed by atoms with Crippen molar-refractivity contribution in [3.8, 4) is 0 Å². The lowest BCUT2D eigenvalue weighted by molar-refractivity contribution is -0.149. The van der Waals surface area contributed by atoms with Gasteiger partial charge in [-0.05, 0) is 49.5 Å². The average molecular weight is 346 g/mol. The van der Waals surface area contributed by atoms with E-state index in [0.717, 1.165) is 37.5 Å². The molecular weight excluding hydrogens is 316 g/mol. The molecule has 2 rings (SSSR count). The number of hydrogen-bond donors (Lipinski definition) is 2. The molecule has 0 heterocycles. The summed E-state index contributed by atoms with van der Waals surface area (Å²) >= 11 is 0. The summed E-state index contributed by atoms with van der Waals surface area (Å²) in [6.45, 7) is 6.56. The number of rotatable bonds is 7. The maximum atomic E-state index is 12.3. The molecule has 5 heteroatoms. The van der Waals surface area contributed by atoms with Crippen molar-refractivity contribution in [2.45, 2.75) is 58.5 Å². The van der Waals surface area contributed by atoms with Gasteiger partial charge in [-0.2, -0.15) is 5.48 Å². The third-order valence-electron chi connectivity index (χ3n) is 5.65. The summed E-state index contributed by atoms with van der Waals surface area (Å²) in [5, 5.41) is 9.87. The van der Waals surface area contributed by atoms with E-state index in [1.807, 2.05) is 12.1 Å². The number of hydrogen-bond acceptors (Lipinski definition) is 4. The van der Waals surface area contributed by atoms with Gasteiger partial charge in [0.15, 0.2) is 0 Å². The Bertz CT molecular complexity index is 575. The van der Waals surface area contributed by atoms with Crippen molar-refractivity contribution in [1.82, 2.24) is 10.4 Å². The molecule has 1 saturated carbocycles. The third-order valence-corrected chi connectivity index (χ3v) is 5.65. The van der Waals surface area contributed by atoms with E-state index in [1.54, 1.807) is 24.0 Å². The van der Waals surface area contributed by atoms with Crippen LogP contribution in [0.15, 0.2) is 24.3 Å². The summed E-state index contributed by atoms with van der Waals surface area (Å²) in [5.41, 5.74) is 3.52. The first-order valence-electron chi connectivity index (χ1n) is 9.15. The summed E-state index contributed by atoms with van der Waals surface area (Å²) in [5.74, 6) is 1.24. The highest BCUT2D eigenvalue weighted by atomic mass is 16.5. The van der Waals surface area contributed by atoms with E-state index in [4.69, 9.17) is 0 Å². The lowest BCUT2D eigenvalue weighted by Gasteiger charge is -2.47. The Labute approximate surface area is 150 Å². The van der Waals surface area contributed by atoms with Gasteiger partial charge in [0, 0.05) is 19.0 Å². The molecule has 0 atom stereocenters. The maximum Gasteiger partial charge on any atom is 0.220 e. The Kier molecular flexibility index (Phi) is 6.73. The fraction of sp³-hybridized carbons (Fsp3) is 0.600. The van der Waals surface area contributed by atoms with E-state index >= 15 is 0 Å². The zero-order valence-electron chi connectivity index (χ0n) is 15.5. The minimum Gasteiger partial charge on any atom is -0.322 e. The van der Waals surface area contributed by atoms with Gasteiger partial charge in [-0.1, -0.05) is 38.1 Å². The van der Waals surface area contributed by atoms with E-state index in [2.05, 4.69) is 19.3 Å². The van der Waals surface area contributed by atoms with Crippen LogP contribution in [0.3, 0.4) is 0 Å². The molecule has 1 aromatic carbocycles. The predicted molar refractivity (Wildman–Crippen MR) is 97.4 cm³/mol. The summed E-state index contributed by atoms with van der Waals surface area (Å²) in [6.07, 6.45) is 5.04. The molecule has 0 radical (unpaired) electrons. The number of hydroxylamine groups is 1. The van der Waals surface area contributed by atoms with Gasteiger partial charge in [0.05, 0.1) is 0 Å². The lowest BCUT2D eigenvalue weighted by atomic mass is 9.76. The van der Waals surface area contributed by atoms with Crippen LogP contribution in [-0.4, -0.2) is 34.5 Å². The van der Waals surface area contributed by atoms with Gasteiger partial charge in [0.2, 0.25) is 5.91 Å². The number of carbonyl (C=O) groups excluding carboxylic acids is 2. The number of amides is 1. The minimum absolute atomic E-state index is 0.0333. The van der Waals surface area contributed by atoms with Crippen LogP contribution in [-0.2, 0) is 11.2 Å². The van der Waals surface area contributed by atoms with E-state index in [1.165, 1.54) is 0 Å². The first-order valence-corrected chi connectivity index (χ1v) is 9.15. The summed E-state index contributed by atoms with van der Waals surface area (Å²) in [7, 11) is 0. The number of nitrogens with zero attached hydrogens (tertiary/aromatic N) is 1. The van der Waals surface area contributed by atoms with Gasteiger partial charge >= 0.3 is 0 Å². The van der Waals surface area contributed by atoms with Crippen molar-refractivity contribution in [1.29, 1.82) is 0 Å². The molecule has 0 unspecified atom stereocenters. The van der Waals surface area contributed by atoms with Gasteiger partial charge in [-0.25, -0.2) is 0 Å². The van der Waals surface area contributed by atoms with Crippen LogP contribution in [0.25, 0.3) is 0 Å². The molecule has 0 spiro atoms. The minimum atomic E-state index is -0.667. The molecule has 0 saturated heterocycles. The second kappa shape index (κ2) is 8.59. The fourth-order valence-electron chi connectivity index (χ4n) is 3.90. The molecule has 1 aromatic rings. The second-order valence-corrected chi connectivity index (χ2v) is 7.50. The molecule has 2 N–H and O–H groups in total. The van der Waals surface area contributed by atoms with Crippen molar-refractivity contribution in [2.75, 3.05) is 6.54 Å². The number of aldehydes is 1. The number of carbonyl (C=O) groups is 2. The Morgan fingerprint density at radius 2 is 1.92 bits per heavy atom. The SMILES string of the molecule is CC(=O)N(CCc1ccc(C=O)cc1)C1(NO)CCC(C(C)C)CC1. The molecular formula is C20H30N2O3. The van der Waals surface area contributed by atoms with Crippen LogP contribution in [0.5, 0.6) is 0 Å². The number of nitrogens with one attached hydrogen (secondary N) is 1. The average Bonchev–Trinajstić information content (AvgIpc) is 2.62. The van der Waals surface area contributed by atoms with Crippen molar-refractivity contribution in [3.05, 3.63) is 35.4 Å². The van der Waals surface area contributed by atoms with E-state index in [9.17, 15) is 14.8 Å². The quantitative estimate of drug-likeness (QED) is 0.451. The van der Waals surface area contributed by atoms with E-state index in [-0.39, 0.29) is 5.91 Å². The molecule has 1 aliphatic carbocycles. The summed E-state index contributed by atoms with van der Waals surface area (Å²) in [4.78, 5) is 24.8. The first kappa shape index (κ1) is 19.6. The molecule has 1 aliphatic rings. The van der Waals surface area contributed by atoms with Crippen molar-refractivity contribution >= 4 is 12.2 Å². The van der Waals surface area contributed by atoms with Crippen molar-refractivity contribution in [3.63, 3.8) is 0 Å². The Morgan fingerprint density at radius 3 is 2.36 bits per heavy atom. The fourth-order valence-corrected chi connectivity index (χ4v) is 3.90. The highest BCUT2D eigenvalue weighted by Gasteiger charge is 2.41. The molecule has 1 fully saturated rings. The Morgan fingerprint density at radius 1 is 1.32 bits per heavy atom. The monoisotopic (exact) mass is 346 g/mol. The highest BCUT2D eigenvalue weighted by molar-refractivity contribution is 5.75. The van der Waals surface area contributed by atoms with Crippen LogP contribution in [0.2, 0.25) is 0 Å². The zero-order chi connectivity index (χ0) is 18.4. The van der Waals surface area contributed by atoms with Gasteiger partial charge in [-0.15, -0.1) is 0 Å². The standard InChI is InChI=1S/C20H30N2O3/c1-15(2)19-8-11-20(21-25,12-9-19)22(16(3)24)13-10-17-4-6-18(14-23)7-5-17/h4-7,14-15,19,21,25H,8-13H2,1-3H3. The van der Waals surface area contributed by atoms with Crippen LogP contribution in [0.4, 0.5) is 0 Å². The zero-order valence-corrected chi connectivity index (χ0v) is 15.5. The topological polar surface area (TPSA) is 69.6 Å². The maximum absolute atomic E-state index is 12.3. The highest BCUT2D eigenvalue weighted by Crippen LogP contribution is 2.37. The predicted octanol–water partition coefficient (Wildman–Crippen LogP) is 3.41. The molecule has 5 nitrogen and oxygen atoms in total. The summed E-state index contributed by atoms with van der Waals surface area (Å²) in [6, 6.07) is 7.40. The van der Waals surface area contributed by atoms with Crippen LogP contribution in [0, 0.1) is 11.8 Å². The van der Waals surface area contributed by atoms with E-state index < -0.39 is 5.66 Å². The summed E-state index contributed by atoms with van der Waals surface area (Å²) < 4.78 is 0. The second-order valence-electron chi connectivity index (χ2n) is 7.50. The molecule has 0 aliphatic heterocycles. The lowest BCUT2D eigenvalue weighted by Crippen LogP contribution is -2.61. The van der Waals surface area contributed by atoms with E-state index in [0.29, 0.717) is 30.4 Å². The van der Waals surface area contributed by atoms with Gasteiger partial charge < -0.3 is 10.1 Å². The van der Waals surface area contributed by atoms with Gasteiger partial charge in [0.1, 0.15) is 11.9 Å². The smallest absolute Gasteiger partial charge is 0.220 e. The molecule has 138 valence electrons. The Hall–Kier alpha value is -1.72. The van der Waals surface area contributed by atoms with Crippen LogP contribution in [0.1, 0.15) is 62.4 Å². The molecule has 25 heavy (non-hydrogen) atoms. The largest absolute Gasteiger partial charge is 0.322 e. The first-order chi connectivity index (χ1) is 11.9. The van der Waals surface area contributed by atoms with Crippen molar-refractivity contribution < 1.29 is 14.8 Å². The molecule has 0 aromatic heterocycles. The van der Waals surface area contributed by atoms with Crippen molar-refractivity contribution in [2.24, 2.45) is 11.8 Å². The molecule has 1 amide bonds. The molecule has 0 bridgehead atoms. The number of benzene rings is 1. The Balaban J connectivity index is 2.07. The van der Waals surface area contributed by atoms with Gasteiger partial charge in [0.25, 0.3) is 0 Å². The van der Waals surface area contributed by atoms with Gasteiger partial charge in [-0.3, -0.25) is 9.59 Å². The van der Waals surface area contributed by atoms with Crippen LogP contribution < -0.4 is 5.48 Å². The normalized spacial score (nSPS) is 23.5.